The van der Waals surface area contributed by atoms with E-state index in [4.69, 9.17) is 14.2 Å². The monoisotopic (exact) mass is 518 g/mol. The number of halogens is 1. The highest BCUT2D eigenvalue weighted by Crippen LogP contribution is 2.45. The topological polar surface area (TPSA) is 44.8 Å². The van der Waals surface area contributed by atoms with Crippen molar-refractivity contribution >= 4 is 5.97 Å². The second-order valence-corrected chi connectivity index (χ2v) is 11.4. The van der Waals surface area contributed by atoms with Crippen LogP contribution in [-0.4, -0.2) is 20.2 Å². The standard InChI is InChI=1S/C33H39FO4/c1-21(33(2,3)4)28-16-22(10-14-27(28)30-18-25(36-5)13-15-31(30)34)20-38-26-9-7-8-24(17-26)29(23-11-12-23)19-32(35)37-6/h7-10,13-18,21,23,29H,11-12,19-20H2,1-6H3. The van der Waals surface area contributed by atoms with Crippen molar-refractivity contribution in [2.24, 2.45) is 11.3 Å². The smallest absolute Gasteiger partial charge is 0.306 e. The molecular formula is C33H39FO4. The molecule has 0 spiro atoms. The largest absolute Gasteiger partial charge is 0.497 e. The summed E-state index contributed by atoms with van der Waals surface area (Å²) in [7, 11) is 3.03. The molecular weight excluding hydrogens is 479 g/mol. The van der Waals surface area contributed by atoms with Crippen LogP contribution in [0.1, 0.15) is 75.5 Å². The van der Waals surface area contributed by atoms with Gasteiger partial charge in [-0.05, 0) is 88.6 Å². The molecule has 4 nitrogen and oxygen atoms in total. The number of benzene rings is 3. The summed E-state index contributed by atoms with van der Waals surface area (Å²) in [6.45, 7) is 9.16. The van der Waals surface area contributed by atoms with Crippen LogP contribution in [0.3, 0.4) is 0 Å². The van der Waals surface area contributed by atoms with Gasteiger partial charge in [-0.15, -0.1) is 0 Å². The molecule has 0 heterocycles. The molecule has 1 aliphatic rings. The maximum absolute atomic E-state index is 15.0. The van der Waals surface area contributed by atoms with Crippen LogP contribution in [0, 0.1) is 17.2 Å². The summed E-state index contributed by atoms with van der Waals surface area (Å²) in [6.07, 6.45) is 2.67. The zero-order chi connectivity index (χ0) is 27.4. The van der Waals surface area contributed by atoms with Gasteiger partial charge in [-0.1, -0.05) is 58.0 Å². The zero-order valence-electron chi connectivity index (χ0n) is 23.3. The van der Waals surface area contributed by atoms with Gasteiger partial charge in [0.2, 0.25) is 0 Å². The van der Waals surface area contributed by atoms with Gasteiger partial charge in [0.25, 0.3) is 0 Å². The number of hydrogen-bond donors (Lipinski definition) is 0. The highest BCUT2D eigenvalue weighted by Gasteiger charge is 2.34. The van der Waals surface area contributed by atoms with Crippen LogP contribution in [0.4, 0.5) is 4.39 Å². The summed E-state index contributed by atoms with van der Waals surface area (Å²) in [5, 5.41) is 0. The van der Waals surface area contributed by atoms with Gasteiger partial charge in [-0.2, -0.15) is 0 Å². The number of methoxy groups -OCH3 is 2. The normalized spacial score (nSPS) is 15.0. The fourth-order valence-electron chi connectivity index (χ4n) is 4.93. The van der Waals surface area contributed by atoms with Crippen LogP contribution in [-0.2, 0) is 16.1 Å². The molecule has 0 aliphatic heterocycles. The maximum Gasteiger partial charge on any atom is 0.306 e. The van der Waals surface area contributed by atoms with Crippen LogP contribution < -0.4 is 9.47 Å². The number of ether oxygens (including phenoxy) is 3. The van der Waals surface area contributed by atoms with Crippen molar-refractivity contribution < 1.29 is 23.4 Å². The lowest BCUT2D eigenvalue weighted by Crippen LogP contribution is -2.16. The maximum atomic E-state index is 15.0. The average molecular weight is 519 g/mol. The lowest BCUT2D eigenvalue weighted by Gasteiger charge is -2.30. The third-order valence-corrected chi connectivity index (χ3v) is 7.84. The molecule has 38 heavy (non-hydrogen) atoms. The van der Waals surface area contributed by atoms with Crippen molar-refractivity contribution in [1.29, 1.82) is 0 Å². The van der Waals surface area contributed by atoms with Gasteiger partial charge >= 0.3 is 5.97 Å². The molecule has 4 rings (SSSR count). The van der Waals surface area contributed by atoms with Crippen LogP contribution in [0.15, 0.2) is 60.7 Å². The molecule has 0 amide bonds. The van der Waals surface area contributed by atoms with Crippen molar-refractivity contribution in [3.8, 4) is 22.6 Å². The number of rotatable bonds is 10. The Kier molecular flexibility index (Phi) is 8.44. The number of carbonyl (C=O) groups excluding carboxylic acids is 1. The minimum absolute atomic E-state index is 0.0185. The van der Waals surface area contributed by atoms with E-state index in [1.54, 1.807) is 19.2 Å². The first-order valence-electron chi connectivity index (χ1n) is 13.4. The summed E-state index contributed by atoms with van der Waals surface area (Å²) >= 11 is 0. The van der Waals surface area contributed by atoms with E-state index in [0.717, 1.165) is 40.8 Å². The molecule has 0 radical (unpaired) electrons. The molecule has 1 fully saturated rings. The predicted octanol–water partition coefficient (Wildman–Crippen LogP) is 8.29. The van der Waals surface area contributed by atoms with Gasteiger partial charge in [0, 0.05) is 5.56 Å². The van der Waals surface area contributed by atoms with E-state index in [9.17, 15) is 9.18 Å². The first-order valence-corrected chi connectivity index (χ1v) is 13.4. The molecule has 0 aromatic heterocycles. The van der Waals surface area contributed by atoms with Gasteiger partial charge in [-0.3, -0.25) is 4.79 Å². The number of carbonyl (C=O) groups is 1. The summed E-state index contributed by atoms with van der Waals surface area (Å²) < 4.78 is 31.5. The van der Waals surface area contributed by atoms with Gasteiger partial charge < -0.3 is 14.2 Å². The van der Waals surface area contributed by atoms with Gasteiger partial charge in [-0.25, -0.2) is 4.39 Å². The second-order valence-electron chi connectivity index (χ2n) is 11.4. The Hall–Kier alpha value is -3.34. The van der Waals surface area contributed by atoms with E-state index >= 15 is 0 Å². The summed E-state index contributed by atoms with van der Waals surface area (Å²) in [4.78, 5) is 12.0. The molecule has 2 unspecified atom stereocenters. The van der Waals surface area contributed by atoms with Crippen LogP contribution in [0.25, 0.3) is 11.1 Å². The van der Waals surface area contributed by atoms with Gasteiger partial charge in [0.15, 0.2) is 0 Å². The van der Waals surface area contributed by atoms with Crippen LogP contribution in [0.2, 0.25) is 0 Å². The number of esters is 1. The molecule has 202 valence electrons. The molecule has 5 heteroatoms. The molecule has 1 aliphatic carbocycles. The Morgan fingerprint density at radius 1 is 0.974 bits per heavy atom. The average Bonchev–Trinajstić information content (AvgIpc) is 3.75. The van der Waals surface area contributed by atoms with Gasteiger partial charge in [0.05, 0.1) is 20.6 Å². The number of hydrogen-bond acceptors (Lipinski definition) is 4. The quantitative estimate of drug-likeness (QED) is 0.253. The summed E-state index contributed by atoms with van der Waals surface area (Å²) in [6, 6.07) is 19.0. The van der Waals surface area contributed by atoms with Crippen molar-refractivity contribution in [3.05, 3.63) is 83.2 Å². The second kappa shape index (κ2) is 11.6. The SMILES string of the molecule is COC(=O)CC(c1cccc(OCc2ccc(-c3cc(OC)ccc3F)c(C(C)C(C)(C)C)c2)c1)C1CC1. The Balaban J connectivity index is 1.60. The summed E-state index contributed by atoms with van der Waals surface area (Å²) in [5.74, 6) is 1.79. The Morgan fingerprint density at radius 3 is 2.39 bits per heavy atom. The van der Waals surface area contributed by atoms with Crippen LogP contribution in [0.5, 0.6) is 11.5 Å². The highest BCUT2D eigenvalue weighted by molar-refractivity contribution is 5.71. The molecule has 2 atom stereocenters. The van der Waals surface area contributed by atoms with Crippen molar-refractivity contribution in [1.82, 2.24) is 0 Å². The van der Waals surface area contributed by atoms with Crippen molar-refractivity contribution in [2.75, 3.05) is 14.2 Å². The third kappa shape index (κ3) is 6.56. The van der Waals surface area contributed by atoms with E-state index in [0.29, 0.717) is 30.3 Å². The minimum Gasteiger partial charge on any atom is -0.497 e. The fraction of sp³-hybridized carbons (Fsp3) is 0.424. The molecule has 0 N–H and O–H groups in total. The molecule has 1 saturated carbocycles. The van der Waals surface area contributed by atoms with E-state index in [2.05, 4.69) is 39.8 Å². The minimum atomic E-state index is -0.272. The Bertz CT molecular complexity index is 1270. The van der Waals surface area contributed by atoms with Crippen molar-refractivity contribution in [2.45, 2.75) is 65.4 Å². The molecule has 3 aromatic carbocycles. The van der Waals surface area contributed by atoms with Crippen LogP contribution >= 0.6 is 0 Å². The van der Waals surface area contributed by atoms with E-state index in [1.807, 2.05) is 30.3 Å². The van der Waals surface area contributed by atoms with Gasteiger partial charge in [0.1, 0.15) is 23.9 Å². The lowest BCUT2D eigenvalue weighted by molar-refractivity contribution is -0.141. The molecule has 0 bridgehead atoms. The predicted molar refractivity (Wildman–Crippen MR) is 149 cm³/mol. The fourth-order valence-corrected chi connectivity index (χ4v) is 4.93. The molecule has 3 aromatic rings. The Morgan fingerprint density at radius 2 is 1.74 bits per heavy atom. The first-order chi connectivity index (χ1) is 18.1. The lowest BCUT2D eigenvalue weighted by atomic mass is 9.75. The van der Waals surface area contributed by atoms with E-state index < -0.39 is 0 Å². The van der Waals surface area contributed by atoms with Crippen molar-refractivity contribution in [3.63, 3.8) is 0 Å². The molecule has 0 saturated heterocycles. The zero-order valence-corrected chi connectivity index (χ0v) is 23.3. The first kappa shape index (κ1) is 27.7. The van der Waals surface area contributed by atoms with E-state index in [-0.39, 0.29) is 29.0 Å². The summed E-state index contributed by atoms with van der Waals surface area (Å²) in [5.41, 5.74) is 4.58. The Labute approximate surface area is 226 Å². The third-order valence-electron chi connectivity index (χ3n) is 7.84. The highest BCUT2D eigenvalue weighted by atomic mass is 19.1. The van der Waals surface area contributed by atoms with E-state index in [1.165, 1.54) is 13.2 Å².